The highest BCUT2D eigenvalue weighted by Gasteiger charge is 2.15. The van der Waals surface area contributed by atoms with E-state index in [1.54, 1.807) is 18.2 Å². The average Bonchev–Trinajstić information content (AvgIpc) is 2.82. The summed E-state index contributed by atoms with van der Waals surface area (Å²) in [6.07, 6.45) is -1.39. The van der Waals surface area contributed by atoms with Crippen molar-refractivity contribution in [2.24, 2.45) is 0 Å². The predicted octanol–water partition coefficient (Wildman–Crippen LogP) is -0.615. The van der Waals surface area contributed by atoms with E-state index in [4.69, 9.17) is 19.7 Å². The SMILES string of the molecule is O=C(NCc1ccc2c(c1)OCO2)C(O)CO. The van der Waals surface area contributed by atoms with Crippen LogP contribution in [0.4, 0.5) is 0 Å². The zero-order valence-electron chi connectivity index (χ0n) is 9.05. The topological polar surface area (TPSA) is 88.0 Å². The number of aliphatic hydroxyl groups excluding tert-OH is 2. The molecule has 1 aromatic carbocycles. The van der Waals surface area contributed by atoms with Crippen LogP contribution in [0.15, 0.2) is 18.2 Å². The number of benzene rings is 1. The Bertz CT molecular complexity index is 420. The summed E-state index contributed by atoms with van der Waals surface area (Å²) >= 11 is 0. The van der Waals surface area contributed by atoms with Gasteiger partial charge in [0, 0.05) is 6.54 Å². The van der Waals surface area contributed by atoms with Crippen molar-refractivity contribution >= 4 is 5.91 Å². The average molecular weight is 239 g/mol. The molecule has 17 heavy (non-hydrogen) atoms. The van der Waals surface area contributed by atoms with E-state index in [9.17, 15) is 4.79 Å². The molecule has 0 saturated carbocycles. The molecule has 1 heterocycles. The van der Waals surface area contributed by atoms with Crippen LogP contribution >= 0.6 is 0 Å². The third-order valence-electron chi connectivity index (χ3n) is 2.38. The van der Waals surface area contributed by atoms with Crippen LogP contribution in [0.2, 0.25) is 0 Å². The van der Waals surface area contributed by atoms with Crippen LogP contribution in [0.1, 0.15) is 5.56 Å². The second-order valence-corrected chi connectivity index (χ2v) is 3.60. The van der Waals surface area contributed by atoms with Crippen molar-refractivity contribution in [3.05, 3.63) is 23.8 Å². The summed E-state index contributed by atoms with van der Waals surface area (Å²) in [6, 6.07) is 5.30. The van der Waals surface area contributed by atoms with E-state index in [0.29, 0.717) is 11.5 Å². The predicted molar refractivity (Wildman–Crippen MR) is 57.5 cm³/mol. The Morgan fingerprint density at radius 1 is 1.41 bits per heavy atom. The van der Waals surface area contributed by atoms with Crippen LogP contribution in [0, 0.1) is 0 Å². The summed E-state index contributed by atoms with van der Waals surface area (Å²) in [5, 5.41) is 20.1. The van der Waals surface area contributed by atoms with Gasteiger partial charge in [-0.05, 0) is 17.7 Å². The smallest absolute Gasteiger partial charge is 0.251 e. The Kier molecular flexibility index (Phi) is 3.46. The van der Waals surface area contributed by atoms with E-state index < -0.39 is 18.6 Å². The number of hydrogen-bond acceptors (Lipinski definition) is 5. The largest absolute Gasteiger partial charge is 0.454 e. The molecule has 0 radical (unpaired) electrons. The fourth-order valence-electron chi connectivity index (χ4n) is 1.44. The summed E-state index contributed by atoms with van der Waals surface area (Å²) in [6.45, 7) is -0.131. The molecule has 1 unspecified atom stereocenters. The van der Waals surface area contributed by atoms with E-state index in [-0.39, 0.29) is 13.3 Å². The van der Waals surface area contributed by atoms with Crippen LogP contribution in [-0.2, 0) is 11.3 Å². The van der Waals surface area contributed by atoms with Gasteiger partial charge in [-0.25, -0.2) is 0 Å². The van der Waals surface area contributed by atoms with Gasteiger partial charge in [0.25, 0.3) is 5.91 Å². The van der Waals surface area contributed by atoms with E-state index in [2.05, 4.69) is 5.32 Å². The highest BCUT2D eigenvalue weighted by molar-refractivity contribution is 5.80. The summed E-state index contributed by atoms with van der Waals surface area (Å²) in [5.41, 5.74) is 0.827. The first kappa shape index (κ1) is 11.7. The summed E-state index contributed by atoms with van der Waals surface area (Å²) in [4.78, 5) is 11.2. The number of carbonyl (C=O) groups is 1. The Labute approximate surface area is 97.8 Å². The highest BCUT2D eigenvalue weighted by atomic mass is 16.7. The van der Waals surface area contributed by atoms with Crippen molar-refractivity contribution in [1.29, 1.82) is 0 Å². The molecule has 2 rings (SSSR count). The third kappa shape index (κ3) is 2.66. The number of hydrogen-bond donors (Lipinski definition) is 3. The Morgan fingerprint density at radius 2 is 2.18 bits per heavy atom. The zero-order valence-corrected chi connectivity index (χ0v) is 9.05. The van der Waals surface area contributed by atoms with Crippen LogP contribution < -0.4 is 14.8 Å². The highest BCUT2D eigenvalue weighted by Crippen LogP contribution is 2.32. The standard InChI is InChI=1S/C11H13NO5/c13-5-8(14)11(15)12-4-7-1-2-9-10(3-7)17-6-16-9/h1-3,8,13-14H,4-6H2,(H,12,15). The lowest BCUT2D eigenvalue weighted by Crippen LogP contribution is -2.36. The summed E-state index contributed by atoms with van der Waals surface area (Å²) < 4.78 is 10.3. The van der Waals surface area contributed by atoms with Crippen molar-refractivity contribution in [2.45, 2.75) is 12.6 Å². The lowest BCUT2D eigenvalue weighted by molar-refractivity contribution is -0.131. The third-order valence-corrected chi connectivity index (χ3v) is 2.38. The molecule has 1 aromatic rings. The first-order valence-electron chi connectivity index (χ1n) is 5.16. The van der Waals surface area contributed by atoms with Crippen molar-refractivity contribution < 1.29 is 24.5 Å². The van der Waals surface area contributed by atoms with Gasteiger partial charge >= 0.3 is 0 Å². The van der Waals surface area contributed by atoms with Gasteiger partial charge in [-0.2, -0.15) is 0 Å². The Morgan fingerprint density at radius 3 is 2.94 bits per heavy atom. The lowest BCUT2D eigenvalue weighted by atomic mass is 10.2. The van der Waals surface area contributed by atoms with Crippen LogP contribution in [0.3, 0.4) is 0 Å². The maximum absolute atomic E-state index is 11.2. The normalized spacial score (nSPS) is 14.5. The molecule has 0 fully saturated rings. The van der Waals surface area contributed by atoms with Crippen LogP contribution in [0.25, 0.3) is 0 Å². The van der Waals surface area contributed by atoms with Gasteiger partial charge in [0.05, 0.1) is 6.61 Å². The number of fused-ring (bicyclic) bond motifs is 1. The monoisotopic (exact) mass is 239 g/mol. The van der Waals surface area contributed by atoms with E-state index >= 15 is 0 Å². The van der Waals surface area contributed by atoms with E-state index in [1.807, 2.05) is 0 Å². The second-order valence-electron chi connectivity index (χ2n) is 3.60. The minimum Gasteiger partial charge on any atom is -0.454 e. The molecule has 1 aliphatic heterocycles. The summed E-state index contributed by atoms with van der Waals surface area (Å²) in [5.74, 6) is 0.708. The maximum Gasteiger partial charge on any atom is 0.251 e. The molecule has 6 heteroatoms. The molecule has 0 bridgehead atoms. The maximum atomic E-state index is 11.2. The molecule has 6 nitrogen and oxygen atoms in total. The minimum atomic E-state index is -1.39. The summed E-state index contributed by atoms with van der Waals surface area (Å²) in [7, 11) is 0. The van der Waals surface area contributed by atoms with Crippen LogP contribution in [0.5, 0.6) is 11.5 Å². The molecular formula is C11H13NO5. The van der Waals surface area contributed by atoms with Gasteiger partial charge < -0.3 is 25.0 Å². The number of carbonyl (C=O) groups excluding carboxylic acids is 1. The van der Waals surface area contributed by atoms with Gasteiger partial charge in [0.1, 0.15) is 0 Å². The van der Waals surface area contributed by atoms with Gasteiger partial charge in [-0.3, -0.25) is 4.79 Å². The fourth-order valence-corrected chi connectivity index (χ4v) is 1.44. The second kappa shape index (κ2) is 5.03. The molecule has 0 aliphatic carbocycles. The quantitative estimate of drug-likeness (QED) is 0.652. The molecule has 0 spiro atoms. The van der Waals surface area contributed by atoms with Gasteiger partial charge in [-0.1, -0.05) is 6.07 Å². The van der Waals surface area contributed by atoms with Gasteiger partial charge in [0.2, 0.25) is 6.79 Å². The lowest BCUT2D eigenvalue weighted by Gasteiger charge is -2.09. The Hall–Kier alpha value is -1.79. The van der Waals surface area contributed by atoms with Crippen molar-refractivity contribution in [1.82, 2.24) is 5.32 Å². The molecule has 3 N–H and O–H groups in total. The number of rotatable bonds is 4. The minimum absolute atomic E-state index is 0.203. The number of nitrogens with one attached hydrogen (secondary N) is 1. The molecule has 1 amide bonds. The number of amides is 1. The van der Waals surface area contributed by atoms with Crippen molar-refractivity contribution in [3.63, 3.8) is 0 Å². The van der Waals surface area contributed by atoms with Gasteiger partial charge in [-0.15, -0.1) is 0 Å². The van der Waals surface area contributed by atoms with E-state index in [1.165, 1.54) is 0 Å². The van der Waals surface area contributed by atoms with Crippen molar-refractivity contribution in [2.75, 3.05) is 13.4 Å². The van der Waals surface area contributed by atoms with Crippen LogP contribution in [-0.4, -0.2) is 35.6 Å². The molecule has 1 atom stereocenters. The molecular weight excluding hydrogens is 226 g/mol. The first-order valence-corrected chi connectivity index (χ1v) is 5.16. The molecule has 92 valence electrons. The Balaban J connectivity index is 1.93. The number of aliphatic hydroxyl groups is 2. The van der Waals surface area contributed by atoms with Crippen molar-refractivity contribution in [3.8, 4) is 11.5 Å². The fraction of sp³-hybridized carbons (Fsp3) is 0.364. The number of ether oxygens (including phenoxy) is 2. The molecule has 0 saturated heterocycles. The zero-order chi connectivity index (χ0) is 12.3. The molecule has 0 aromatic heterocycles. The van der Waals surface area contributed by atoms with E-state index in [0.717, 1.165) is 5.56 Å². The molecule has 1 aliphatic rings. The van der Waals surface area contributed by atoms with Gasteiger partial charge in [0.15, 0.2) is 17.6 Å². The first-order chi connectivity index (χ1) is 8.20.